The number of hydrogen-bond donors (Lipinski definition) is 1. The van der Waals surface area contributed by atoms with E-state index in [0.29, 0.717) is 19.5 Å². The SMILES string of the molecule is CCc1ncc(S(=O)(=O)N2CCN(CC3CC3)CC2)[nH]1. The van der Waals surface area contributed by atoms with Gasteiger partial charge in [-0.05, 0) is 18.8 Å². The van der Waals surface area contributed by atoms with Gasteiger partial charge in [0, 0.05) is 39.1 Å². The van der Waals surface area contributed by atoms with Crippen LogP contribution in [0.5, 0.6) is 0 Å². The molecule has 0 atom stereocenters. The van der Waals surface area contributed by atoms with Gasteiger partial charge in [0.05, 0.1) is 6.20 Å². The number of nitrogens with zero attached hydrogens (tertiary/aromatic N) is 3. The Hall–Kier alpha value is -0.920. The molecule has 1 aromatic rings. The van der Waals surface area contributed by atoms with Gasteiger partial charge in [0.25, 0.3) is 10.0 Å². The van der Waals surface area contributed by atoms with E-state index < -0.39 is 10.0 Å². The van der Waals surface area contributed by atoms with E-state index in [0.717, 1.165) is 31.4 Å². The van der Waals surface area contributed by atoms with E-state index in [1.165, 1.54) is 19.0 Å². The summed E-state index contributed by atoms with van der Waals surface area (Å²) < 4.78 is 26.6. The zero-order chi connectivity index (χ0) is 14.2. The quantitative estimate of drug-likeness (QED) is 0.868. The molecule has 3 rings (SSSR count). The number of sulfonamides is 1. The van der Waals surface area contributed by atoms with Crippen LogP contribution in [0.25, 0.3) is 0 Å². The van der Waals surface area contributed by atoms with E-state index in [-0.39, 0.29) is 5.03 Å². The zero-order valence-corrected chi connectivity index (χ0v) is 12.7. The van der Waals surface area contributed by atoms with Crippen LogP contribution in [-0.2, 0) is 16.4 Å². The van der Waals surface area contributed by atoms with Gasteiger partial charge in [-0.1, -0.05) is 6.92 Å². The molecule has 1 saturated carbocycles. The summed E-state index contributed by atoms with van der Waals surface area (Å²) in [4.78, 5) is 9.37. The molecule has 0 unspecified atom stereocenters. The fourth-order valence-corrected chi connectivity index (χ4v) is 3.97. The largest absolute Gasteiger partial charge is 0.332 e. The van der Waals surface area contributed by atoms with Crippen LogP contribution in [0.3, 0.4) is 0 Å². The molecule has 0 aromatic carbocycles. The lowest BCUT2D eigenvalue weighted by Crippen LogP contribution is -2.49. The summed E-state index contributed by atoms with van der Waals surface area (Å²) in [5, 5.41) is 0.227. The third-order valence-electron chi connectivity index (χ3n) is 4.10. The fourth-order valence-electron chi connectivity index (χ4n) is 2.61. The maximum Gasteiger partial charge on any atom is 0.260 e. The van der Waals surface area contributed by atoms with Gasteiger partial charge < -0.3 is 9.88 Å². The monoisotopic (exact) mass is 298 g/mol. The fraction of sp³-hybridized carbons (Fsp3) is 0.769. The van der Waals surface area contributed by atoms with Gasteiger partial charge in [0.2, 0.25) is 0 Å². The van der Waals surface area contributed by atoms with Gasteiger partial charge in [-0.15, -0.1) is 0 Å². The van der Waals surface area contributed by atoms with Crippen LogP contribution in [0, 0.1) is 5.92 Å². The molecule has 2 aliphatic rings. The summed E-state index contributed by atoms with van der Waals surface area (Å²) in [7, 11) is -3.40. The molecule has 7 heteroatoms. The predicted octanol–water partition coefficient (Wildman–Crippen LogP) is 0.688. The van der Waals surface area contributed by atoms with Crippen LogP contribution in [0.2, 0.25) is 0 Å². The highest BCUT2D eigenvalue weighted by Gasteiger charge is 2.32. The number of aryl methyl sites for hydroxylation is 1. The molecule has 1 saturated heterocycles. The average Bonchev–Trinajstić information content (AvgIpc) is 3.12. The molecule has 1 aliphatic carbocycles. The number of imidazole rings is 1. The molecule has 0 amide bonds. The van der Waals surface area contributed by atoms with Crippen molar-refractivity contribution in [2.75, 3.05) is 32.7 Å². The Morgan fingerprint density at radius 2 is 2.00 bits per heavy atom. The molecule has 2 heterocycles. The zero-order valence-electron chi connectivity index (χ0n) is 11.9. The third kappa shape index (κ3) is 2.89. The Balaban J connectivity index is 1.63. The Kier molecular flexibility index (Phi) is 3.83. The topological polar surface area (TPSA) is 69.3 Å². The molecule has 0 radical (unpaired) electrons. The number of aromatic nitrogens is 2. The van der Waals surface area contributed by atoms with Crippen molar-refractivity contribution >= 4 is 10.0 Å². The van der Waals surface area contributed by atoms with Gasteiger partial charge in [-0.3, -0.25) is 0 Å². The minimum absolute atomic E-state index is 0.227. The van der Waals surface area contributed by atoms with Crippen molar-refractivity contribution in [1.82, 2.24) is 19.2 Å². The summed E-state index contributed by atoms with van der Waals surface area (Å²) in [6, 6.07) is 0. The highest BCUT2D eigenvalue weighted by atomic mass is 32.2. The van der Waals surface area contributed by atoms with Crippen LogP contribution < -0.4 is 0 Å². The van der Waals surface area contributed by atoms with Crippen molar-refractivity contribution in [1.29, 1.82) is 0 Å². The first-order chi connectivity index (χ1) is 9.59. The van der Waals surface area contributed by atoms with Crippen molar-refractivity contribution in [3.8, 4) is 0 Å². The van der Waals surface area contributed by atoms with Crippen LogP contribution >= 0.6 is 0 Å². The molecule has 112 valence electrons. The molecule has 1 N–H and O–H groups in total. The molecule has 6 nitrogen and oxygen atoms in total. The predicted molar refractivity (Wildman–Crippen MR) is 75.9 cm³/mol. The van der Waals surface area contributed by atoms with Gasteiger partial charge in [-0.2, -0.15) is 4.31 Å². The highest BCUT2D eigenvalue weighted by molar-refractivity contribution is 7.89. The lowest BCUT2D eigenvalue weighted by atomic mass is 10.3. The van der Waals surface area contributed by atoms with Crippen LogP contribution in [0.4, 0.5) is 0 Å². The lowest BCUT2D eigenvalue weighted by Gasteiger charge is -2.33. The highest BCUT2D eigenvalue weighted by Crippen LogP contribution is 2.30. The van der Waals surface area contributed by atoms with E-state index in [9.17, 15) is 8.42 Å². The van der Waals surface area contributed by atoms with Crippen LogP contribution in [0.1, 0.15) is 25.6 Å². The molecule has 0 spiro atoms. The molecule has 0 bridgehead atoms. The van der Waals surface area contributed by atoms with Crippen molar-refractivity contribution in [3.63, 3.8) is 0 Å². The molecular formula is C13H22N4O2S. The van der Waals surface area contributed by atoms with Gasteiger partial charge >= 0.3 is 0 Å². The summed E-state index contributed by atoms with van der Waals surface area (Å²) in [6.45, 7) is 5.92. The van der Waals surface area contributed by atoms with Crippen molar-refractivity contribution < 1.29 is 8.42 Å². The van der Waals surface area contributed by atoms with Gasteiger partial charge in [0.1, 0.15) is 5.82 Å². The van der Waals surface area contributed by atoms with E-state index in [2.05, 4.69) is 14.9 Å². The van der Waals surface area contributed by atoms with Crippen LogP contribution in [0.15, 0.2) is 11.2 Å². The van der Waals surface area contributed by atoms with Crippen molar-refractivity contribution in [2.45, 2.75) is 31.2 Å². The number of aromatic amines is 1. The first kappa shape index (κ1) is 14.0. The minimum atomic E-state index is -3.40. The van der Waals surface area contributed by atoms with Crippen molar-refractivity contribution in [2.24, 2.45) is 5.92 Å². The van der Waals surface area contributed by atoms with Crippen LogP contribution in [-0.4, -0.2) is 60.3 Å². The number of H-pyrrole nitrogens is 1. The first-order valence-corrected chi connectivity index (χ1v) is 8.80. The summed E-state index contributed by atoms with van der Waals surface area (Å²) in [5.41, 5.74) is 0. The van der Waals surface area contributed by atoms with Gasteiger partial charge in [0.15, 0.2) is 5.03 Å². The van der Waals surface area contributed by atoms with Gasteiger partial charge in [-0.25, -0.2) is 13.4 Å². The number of piperazine rings is 1. The second-order valence-electron chi connectivity index (χ2n) is 5.70. The Morgan fingerprint density at radius 3 is 2.55 bits per heavy atom. The number of rotatable bonds is 5. The second-order valence-corrected chi connectivity index (χ2v) is 7.60. The minimum Gasteiger partial charge on any atom is -0.332 e. The molecule has 1 aliphatic heterocycles. The smallest absolute Gasteiger partial charge is 0.260 e. The summed E-state index contributed by atoms with van der Waals surface area (Å²) in [5.74, 6) is 1.58. The Labute approximate surface area is 120 Å². The standard InChI is InChI=1S/C13H22N4O2S/c1-2-12-14-9-13(15-12)20(18,19)17-7-5-16(6-8-17)10-11-3-4-11/h9,11H,2-8,10H2,1H3,(H,14,15). The third-order valence-corrected chi connectivity index (χ3v) is 5.91. The summed E-state index contributed by atoms with van der Waals surface area (Å²) in [6.07, 6.45) is 4.83. The first-order valence-electron chi connectivity index (χ1n) is 7.36. The molecule has 1 aromatic heterocycles. The average molecular weight is 298 g/mol. The Bertz CT molecular complexity index is 557. The van der Waals surface area contributed by atoms with E-state index >= 15 is 0 Å². The maximum atomic E-state index is 12.5. The normalized spacial score (nSPS) is 22.2. The molecular weight excluding hydrogens is 276 g/mol. The van der Waals surface area contributed by atoms with E-state index in [1.54, 1.807) is 4.31 Å². The van der Waals surface area contributed by atoms with E-state index in [1.807, 2.05) is 6.92 Å². The van der Waals surface area contributed by atoms with Crippen molar-refractivity contribution in [3.05, 3.63) is 12.0 Å². The molecule has 2 fully saturated rings. The molecule has 20 heavy (non-hydrogen) atoms. The number of hydrogen-bond acceptors (Lipinski definition) is 4. The second kappa shape index (κ2) is 5.46. The lowest BCUT2D eigenvalue weighted by molar-refractivity contribution is 0.182. The summed E-state index contributed by atoms with van der Waals surface area (Å²) >= 11 is 0. The number of nitrogens with one attached hydrogen (secondary N) is 1. The Morgan fingerprint density at radius 1 is 1.30 bits per heavy atom. The van der Waals surface area contributed by atoms with E-state index in [4.69, 9.17) is 0 Å². The maximum absolute atomic E-state index is 12.5.